The van der Waals surface area contributed by atoms with Crippen LogP contribution in [0.15, 0.2) is 22.7 Å². The molecule has 5 heteroatoms. The van der Waals surface area contributed by atoms with Crippen LogP contribution in [0.5, 0.6) is 0 Å². The van der Waals surface area contributed by atoms with Crippen LogP contribution in [-0.2, 0) is 11.3 Å². The van der Waals surface area contributed by atoms with Gasteiger partial charge in [-0.3, -0.25) is 9.69 Å². The first-order valence-electron chi connectivity index (χ1n) is 6.07. The van der Waals surface area contributed by atoms with Gasteiger partial charge in [-0.15, -0.1) is 0 Å². The average Bonchev–Trinajstić information content (AvgIpc) is 2.29. The van der Waals surface area contributed by atoms with Crippen molar-refractivity contribution in [3.8, 4) is 0 Å². The Balaban J connectivity index is 2.71. The van der Waals surface area contributed by atoms with E-state index >= 15 is 0 Å². The second-order valence-electron chi connectivity index (χ2n) is 4.37. The van der Waals surface area contributed by atoms with Crippen molar-refractivity contribution < 1.29 is 4.79 Å². The van der Waals surface area contributed by atoms with Gasteiger partial charge in [0.2, 0.25) is 5.91 Å². The Hall–Kier alpha value is -1.07. The van der Waals surface area contributed by atoms with Gasteiger partial charge in [0.25, 0.3) is 0 Å². The molecule has 0 saturated carbocycles. The maximum atomic E-state index is 11.0. The molecule has 0 fully saturated rings. The SMILES string of the molecule is CCCCN(CC(N)=O)Cc1ccc(Br)cc1N. The van der Waals surface area contributed by atoms with E-state index in [1.807, 2.05) is 23.1 Å². The van der Waals surface area contributed by atoms with E-state index in [1.165, 1.54) is 0 Å². The molecule has 1 aromatic rings. The lowest BCUT2D eigenvalue weighted by molar-refractivity contribution is -0.119. The molecule has 4 nitrogen and oxygen atoms in total. The van der Waals surface area contributed by atoms with E-state index in [4.69, 9.17) is 11.5 Å². The summed E-state index contributed by atoms with van der Waals surface area (Å²) in [5, 5.41) is 0. The number of carbonyl (C=O) groups is 1. The van der Waals surface area contributed by atoms with E-state index < -0.39 is 0 Å². The van der Waals surface area contributed by atoms with E-state index in [-0.39, 0.29) is 12.5 Å². The number of primary amides is 1. The van der Waals surface area contributed by atoms with E-state index in [1.54, 1.807) is 0 Å². The first-order chi connectivity index (χ1) is 8.52. The van der Waals surface area contributed by atoms with Crippen molar-refractivity contribution in [2.45, 2.75) is 26.3 Å². The van der Waals surface area contributed by atoms with Crippen molar-refractivity contribution >= 4 is 27.5 Å². The topological polar surface area (TPSA) is 72.3 Å². The molecule has 4 N–H and O–H groups in total. The van der Waals surface area contributed by atoms with Crippen LogP contribution < -0.4 is 11.5 Å². The van der Waals surface area contributed by atoms with Gasteiger partial charge < -0.3 is 11.5 Å². The van der Waals surface area contributed by atoms with Gasteiger partial charge in [-0.2, -0.15) is 0 Å². The number of nitrogens with zero attached hydrogens (tertiary/aromatic N) is 1. The minimum absolute atomic E-state index is 0.273. The number of hydrogen-bond donors (Lipinski definition) is 2. The summed E-state index contributed by atoms with van der Waals surface area (Å²) in [6, 6.07) is 5.80. The van der Waals surface area contributed by atoms with Crippen molar-refractivity contribution in [1.82, 2.24) is 4.90 Å². The molecule has 0 aromatic heterocycles. The summed E-state index contributed by atoms with van der Waals surface area (Å²) in [4.78, 5) is 13.1. The number of amides is 1. The molecule has 18 heavy (non-hydrogen) atoms. The normalized spacial score (nSPS) is 10.8. The summed E-state index contributed by atoms with van der Waals surface area (Å²) in [6.07, 6.45) is 2.13. The summed E-state index contributed by atoms with van der Waals surface area (Å²) in [5.41, 5.74) is 13.0. The maximum absolute atomic E-state index is 11.0. The lowest BCUT2D eigenvalue weighted by atomic mass is 10.1. The highest BCUT2D eigenvalue weighted by Gasteiger charge is 2.10. The standard InChI is InChI=1S/C13H20BrN3O/c1-2-3-6-17(9-13(16)18)8-10-4-5-11(14)7-12(10)15/h4-5,7H,2-3,6,8-9,15H2,1H3,(H2,16,18). The third-order valence-electron chi connectivity index (χ3n) is 2.71. The second-order valence-corrected chi connectivity index (χ2v) is 5.29. The van der Waals surface area contributed by atoms with Gasteiger partial charge in [0.1, 0.15) is 0 Å². The minimum atomic E-state index is -0.304. The number of benzene rings is 1. The van der Waals surface area contributed by atoms with Gasteiger partial charge in [-0.05, 0) is 30.7 Å². The van der Waals surface area contributed by atoms with Gasteiger partial charge in [0.15, 0.2) is 0 Å². The molecule has 0 heterocycles. The highest BCUT2D eigenvalue weighted by atomic mass is 79.9. The number of rotatable bonds is 7. The molecule has 0 radical (unpaired) electrons. The van der Waals surface area contributed by atoms with E-state index in [0.717, 1.165) is 35.1 Å². The number of unbranched alkanes of at least 4 members (excludes halogenated alkanes) is 1. The van der Waals surface area contributed by atoms with E-state index in [9.17, 15) is 4.79 Å². The van der Waals surface area contributed by atoms with Crippen LogP contribution in [-0.4, -0.2) is 23.9 Å². The Labute approximate surface area is 116 Å². The third kappa shape index (κ3) is 5.06. The average molecular weight is 314 g/mol. The molecule has 0 atom stereocenters. The Bertz CT molecular complexity index is 409. The van der Waals surface area contributed by atoms with Crippen molar-refractivity contribution in [2.75, 3.05) is 18.8 Å². The Kier molecular flexibility index (Phi) is 6.15. The molecule has 0 spiro atoms. The molecular formula is C13H20BrN3O. The number of nitrogens with two attached hydrogens (primary N) is 2. The van der Waals surface area contributed by atoms with Gasteiger partial charge >= 0.3 is 0 Å². The largest absolute Gasteiger partial charge is 0.398 e. The molecule has 0 aliphatic rings. The van der Waals surface area contributed by atoms with Gasteiger partial charge in [-0.1, -0.05) is 35.3 Å². The predicted octanol–water partition coefficient (Wildman–Crippen LogP) is 2.12. The predicted molar refractivity (Wildman–Crippen MR) is 77.9 cm³/mol. The summed E-state index contributed by atoms with van der Waals surface area (Å²) in [6.45, 7) is 3.91. The highest BCUT2D eigenvalue weighted by molar-refractivity contribution is 9.10. The molecule has 0 bridgehead atoms. The van der Waals surface area contributed by atoms with Crippen LogP contribution in [0.3, 0.4) is 0 Å². The third-order valence-corrected chi connectivity index (χ3v) is 3.20. The first kappa shape index (κ1) is 15.0. The molecule has 0 saturated heterocycles. The Morgan fingerprint density at radius 2 is 2.17 bits per heavy atom. The summed E-state index contributed by atoms with van der Waals surface area (Å²) in [7, 11) is 0. The monoisotopic (exact) mass is 313 g/mol. The fraction of sp³-hybridized carbons (Fsp3) is 0.462. The number of halogens is 1. The van der Waals surface area contributed by atoms with Crippen LogP contribution in [0.2, 0.25) is 0 Å². The Morgan fingerprint density at radius 1 is 1.44 bits per heavy atom. The molecule has 100 valence electrons. The van der Waals surface area contributed by atoms with Crippen LogP contribution in [0, 0.1) is 0 Å². The molecule has 1 rings (SSSR count). The minimum Gasteiger partial charge on any atom is -0.398 e. The maximum Gasteiger partial charge on any atom is 0.231 e. The van der Waals surface area contributed by atoms with Crippen LogP contribution in [0.1, 0.15) is 25.3 Å². The van der Waals surface area contributed by atoms with Gasteiger partial charge in [-0.25, -0.2) is 0 Å². The lowest BCUT2D eigenvalue weighted by Gasteiger charge is -2.21. The number of carbonyl (C=O) groups excluding carboxylic acids is 1. The number of hydrogen-bond acceptors (Lipinski definition) is 3. The molecule has 0 aliphatic heterocycles. The van der Waals surface area contributed by atoms with Crippen LogP contribution in [0.25, 0.3) is 0 Å². The summed E-state index contributed by atoms with van der Waals surface area (Å²) in [5.74, 6) is -0.304. The number of anilines is 1. The number of nitrogen functional groups attached to an aromatic ring is 1. The summed E-state index contributed by atoms with van der Waals surface area (Å²) < 4.78 is 0.957. The molecule has 1 amide bonds. The van der Waals surface area contributed by atoms with Crippen molar-refractivity contribution in [2.24, 2.45) is 5.73 Å². The molecule has 1 aromatic carbocycles. The second kappa shape index (κ2) is 7.38. The highest BCUT2D eigenvalue weighted by Crippen LogP contribution is 2.20. The first-order valence-corrected chi connectivity index (χ1v) is 6.86. The fourth-order valence-corrected chi connectivity index (χ4v) is 2.15. The van der Waals surface area contributed by atoms with Gasteiger partial charge in [0.05, 0.1) is 6.54 Å². The van der Waals surface area contributed by atoms with Crippen molar-refractivity contribution in [3.05, 3.63) is 28.2 Å². The zero-order chi connectivity index (χ0) is 13.5. The molecule has 0 aliphatic carbocycles. The van der Waals surface area contributed by atoms with E-state index in [2.05, 4.69) is 22.9 Å². The van der Waals surface area contributed by atoms with Crippen molar-refractivity contribution in [3.63, 3.8) is 0 Å². The Morgan fingerprint density at radius 3 is 2.72 bits per heavy atom. The lowest BCUT2D eigenvalue weighted by Crippen LogP contribution is -2.34. The van der Waals surface area contributed by atoms with E-state index in [0.29, 0.717) is 6.54 Å². The van der Waals surface area contributed by atoms with Crippen LogP contribution in [0.4, 0.5) is 5.69 Å². The summed E-state index contributed by atoms with van der Waals surface area (Å²) >= 11 is 3.38. The zero-order valence-corrected chi connectivity index (χ0v) is 12.2. The van der Waals surface area contributed by atoms with Crippen LogP contribution >= 0.6 is 15.9 Å². The smallest absolute Gasteiger partial charge is 0.231 e. The molecule has 0 unspecified atom stereocenters. The van der Waals surface area contributed by atoms with Crippen molar-refractivity contribution in [1.29, 1.82) is 0 Å². The fourth-order valence-electron chi connectivity index (χ4n) is 1.77. The zero-order valence-electron chi connectivity index (χ0n) is 10.7. The molecular weight excluding hydrogens is 294 g/mol. The quantitative estimate of drug-likeness (QED) is 0.757. The van der Waals surface area contributed by atoms with Gasteiger partial charge in [0, 0.05) is 16.7 Å².